The van der Waals surface area contributed by atoms with Gasteiger partial charge in [0.05, 0.1) is 6.26 Å². The van der Waals surface area contributed by atoms with Crippen LogP contribution in [0.25, 0.3) is 0 Å². The molecule has 1 heterocycles. The van der Waals surface area contributed by atoms with Crippen LogP contribution < -0.4 is 4.72 Å². The average Bonchev–Trinajstić information content (AvgIpc) is 1.91. The summed E-state index contributed by atoms with van der Waals surface area (Å²) >= 11 is 0. The molecule has 1 rings (SSSR count). The summed E-state index contributed by atoms with van der Waals surface area (Å²) in [4.78, 5) is 3.81. The van der Waals surface area contributed by atoms with E-state index in [0.29, 0.717) is 5.82 Å². The molecule has 0 saturated carbocycles. The van der Waals surface area contributed by atoms with Gasteiger partial charge in [-0.05, 0) is 18.6 Å². The third-order valence-corrected chi connectivity index (χ3v) is 1.69. The van der Waals surface area contributed by atoms with E-state index in [9.17, 15) is 8.42 Å². The molecule has 0 spiro atoms. The van der Waals surface area contributed by atoms with Crippen molar-refractivity contribution in [2.45, 2.75) is 0 Å². The number of nitrogens with zero attached hydrogens (tertiary/aromatic N) is 1. The summed E-state index contributed by atoms with van der Waals surface area (Å²) in [7, 11) is -3.22. The number of pyridine rings is 1. The molecule has 65 valence electrons. The van der Waals surface area contributed by atoms with Gasteiger partial charge < -0.3 is 0 Å². The predicted octanol–water partition coefficient (Wildman–Crippen LogP) is 0.635. The van der Waals surface area contributed by atoms with Crippen LogP contribution in [0.15, 0.2) is 18.3 Å². The molecule has 12 heavy (non-hydrogen) atoms. The Kier molecular flexibility index (Phi) is 2.32. The molecule has 0 aliphatic heterocycles. The van der Waals surface area contributed by atoms with E-state index in [1.807, 2.05) is 0 Å². The number of hydrogen-bond acceptors (Lipinski definition) is 3. The van der Waals surface area contributed by atoms with Crippen LogP contribution in [0.1, 0.15) is 5.56 Å². The summed E-state index contributed by atoms with van der Waals surface area (Å²) in [5.74, 6) is 0.310. The summed E-state index contributed by atoms with van der Waals surface area (Å²) in [6.45, 7) is 3.62. The zero-order valence-corrected chi connectivity index (χ0v) is 7.43. The highest BCUT2D eigenvalue weighted by molar-refractivity contribution is 7.92. The standard InChI is InChI=1S/C7H9N2O2S/c1-6-3-4-7(8-5-6)9-12(2,10)11/h3-5H,1H2,2H3,(H,8,9). The number of sulfonamides is 1. The van der Waals surface area contributed by atoms with E-state index in [4.69, 9.17) is 0 Å². The van der Waals surface area contributed by atoms with Gasteiger partial charge in [0.2, 0.25) is 10.0 Å². The second-order valence-electron chi connectivity index (χ2n) is 2.43. The first-order valence-electron chi connectivity index (χ1n) is 3.23. The lowest BCUT2D eigenvalue weighted by molar-refractivity contribution is 0.606. The Labute approximate surface area is 71.7 Å². The molecular formula is C7H9N2O2S. The molecule has 0 amide bonds. The van der Waals surface area contributed by atoms with Crippen LogP contribution >= 0.6 is 0 Å². The molecule has 0 aliphatic carbocycles. The molecule has 4 nitrogen and oxygen atoms in total. The molecule has 0 atom stereocenters. The zero-order valence-electron chi connectivity index (χ0n) is 6.61. The van der Waals surface area contributed by atoms with Crippen LogP contribution in [0, 0.1) is 6.92 Å². The van der Waals surface area contributed by atoms with Crippen LogP contribution in [-0.4, -0.2) is 19.7 Å². The van der Waals surface area contributed by atoms with E-state index in [0.717, 1.165) is 11.8 Å². The molecule has 0 unspecified atom stereocenters. The van der Waals surface area contributed by atoms with Crippen molar-refractivity contribution in [3.63, 3.8) is 0 Å². The molecule has 1 N–H and O–H groups in total. The van der Waals surface area contributed by atoms with Crippen molar-refractivity contribution < 1.29 is 8.42 Å². The van der Waals surface area contributed by atoms with Crippen molar-refractivity contribution in [3.05, 3.63) is 30.8 Å². The molecule has 1 radical (unpaired) electrons. The summed E-state index contributed by atoms with van der Waals surface area (Å²) in [6, 6.07) is 3.24. The number of hydrogen-bond donors (Lipinski definition) is 1. The number of anilines is 1. The highest BCUT2D eigenvalue weighted by Gasteiger charge is 2.00. The first kappa shape index (κ1) is 8.99. The summed E-state index contributed by atoms with van der Waals surface area (Å²) < 4.78 is 23.7. The van der Waals surface area contributed by atoms with Gasteiger partial charge in [-0.15, -0.1) is 0 Å². The van der Waals surface area contributed by atoms with Gasteiger partial charge in [0.25, 0.3) is 0 Å². The van der Waals surface area contributed by atoms with Crippen molar-refractivity contribution in [2.75, 3.05) is 11.0 Å². The Bertz CT molecular complexity index is 355. The van der Waals surface area contributed by atoms with Crippen LogP contribution in [0.4, 0.5) is 5.82 Å². The van der Waals surface area contributed by atoms with Crippen molar-refractivity contribution >= 4 is 15.8 Å². The maximum Gasteiger partial charge on any atom is 0.230 e. The molecular weight excluding hydrogens is 176 g/mol. The van der Waals surface area contributed by atoms with Gasteiger partial charge in [-0.2, -0.15) is 0 Å². The van der Waals surface area contributed by atoms with Gasteiger partial charge in [0.1, 0.15) is 5.82 Å². The Balaban J connectivity index is 2.85. The van der Waals surface area contributed by atoms with E-state index >= 15 is 0 Å². The highest BCUT2D eigenvalue weighted by Crippen LogP contribution is 2.04. The van der Waals surface area contributed by atoms with Crippen molar-refractivity contribution in [1.29, 1.82) is 0 Å². The third kappa shape index (κ3) is 2.87. The SMILES string of the molecule is [CH2]c1ccc(NS(C)(=O)=O)nc1. The zero-order chi connectivity index (χ0) is 9.19. The van der Waals surface area contributed by atoms with Gasteiger partial charge in [0.15, 0.2) is 0 Å². The summed E-state index contributed by atoms with van der Waals surface area (Å²) in [5, 5.41) is 0. The van der Waals surface area contributed by atoms with Crippen LogP contribution in [-0.2, 0) is 10.0 Å². The maximum absolute atomic E-state index is 10.7. The minimum Gasteiger partial charge on any atom is -0.268 e. The lowest BCUT2D eigenvalue weighted by Gasteiger charge is -2.01. The fraction of sp³-hybridized carbons (Fsp3) is 0.143. The van der Waals surface area contributed by atoms with Crippen molar-refractivity contribution in [1.82, 2.24) is 4.98 Å². The molecule has 0 bridgehead atoms. The minimum absolute atomic E-state index is 0.310. The quantitative estimate of drug-likeness (QED) is 0.735. The Hall–Kier alpha value is -1.10. The predicted molar refractivity (Wildman–Crippen MR) is 47.2 cm³/mol. The summed E-state index contributed by atoms with van der Waals surface area (Å²) in [5.41, 5.74) is 0.744. The van der Waals surface area contributed by atoms with Crippen LogP contribution in [0.2, 0.25) is 0 Å². The number of rotatable bonds is 2. The fourth-order valence-electron chi connectivity index (χ4n) is 0.675. The molecule has 0 aromatic carbocycles. The van der Waals surface area contributed by atoms with Gasteiger partial charge in [-0.3, -0.25) is 4.72 Å². The summed E-state index contributed by atoms with van der Waals surface area (Å²) in [6.07, 6.45) is 2.57. The molecule has 5 heteroatoms. The molecule has 1 aromatic heterocycles. The monoisotopic (exact) mass is 185 g/mol. The molecule has 1 aromatic rings. The Morgan fingerprint density at radius 3 is 2.58 bits per heavy atom. The molecule has 0 aliphatic rings. The first-order chi connectivity index (χ1) is 5.47. The number of nitrogens with one attached hydrogen (secondary N) is 1. The van der Waals surface area contributed by atoms with Crippen molar-refractivity contribution in [2.24, 2.45) is 0 Å². The highest BCUT2D eigenvalue weighted by atomic mass is 32.2. The van der Waals surface area contributed by atoms with Gasteiger partial charge in [-0.25, -0.2) is 13.4 Å². The maximum atomic E-state index is 10.7. The van der Waals surface area contributed by atoms with E-state index in [2.05, 4.69) is 16.6 Å². The van der Waals surface area contributed by atoms with E-state index in [-0.39, 0.29) is 0 Å². The molecule has 0 fully saturated rings. The topological polar surface area (TPSA) is 59.1 Å². The first-order valence-corrected chi connectivity index (χ1v) is 5.12. The minimum atomic E-state index is -3.22. The third-order valence-electron chi connectivity index (χ3n) is 1.11. The Morgan fingerprint density at radius 2 is 2.17 bits per heavy atom. The lowest BCUT2D eigenvalue weighted by Crippen LogP contribution is -2.10. The largest absolute Gasteiger partial charge is 0.268 e. The average molecular weight is 185 g/mol. The van der Waals surface area contributed by atoms with Crippen LogP contribution in [0.3, 0.4) is 0 Å². The Morgan fingerprint density at radius 1 is 1.50 bits per heavy atom. The van der Waals surface area contributed by atoms with E-state index < -0.39 is 10.0 Å². The number of aromatic nitrogens is 1. The second kappa shape index (κ2) is 3.10. The fourth-order valence-corrected chi connectivity index (χ4v) is 1.18. The van der Waals surface area contributed by atoms with Crippen LogP contribution in [0.5, 0.6) is 0 Å². The normalized spacial score (nSPS) is 11.2. The smallest absolute Gasteiger partial charge is 0.230 e. The molecule has 0 saturated heterocycles. The van der Waals surface area contributed by atoms with Gasteiger partial charge in [-0.1, -0.05) is 6.07 Å². The van der Waals surface area contributed by atoms with Crippen molar-refractivity contribution in [3.8, 4) is 0 Å². The van der Waals surface area contributed by atoms with E-state index in [1.54, 1.807) is 12.1 Å². The second-order valence-corrected chi connectivity index (χ2v) is 4.17. The lowest BCUT2D eigenvalue weighted by atomic mass is 10.3. The van der Waals surface area contributed by atoms with Gasteiger partial charge >= 0.3 is 0 Å². The van der Waals surface area contributed by atoms with Gasteiger partial charge in [0, 0.05) is 6.20 Å². The van der Waals surface area contributed by atoms with E-state index in [1.165, 1.54) is 6.20 Å².